The van der Waals surface area contributed by atoms with Crippen LogP contribution in [0.4, 0.5) is 4.79 Å². The van der Waals surface area contributed by atoms with Gasteiger partial charge in [-0.3, -0.25) is 4.99 Å². The fourth-order valence-corrected chi connectivity index (χ4v) is 3.14. The minimum absolute atomic E-state index is 0. The zero-order valence-electron chi connectivity index (χ0n) is 14.2. The van der Waals surface area contributed by atoms with Gasteiger partial charge in [-0.15, -0.1) is 35.3 Å². The average Bonchev–Trinajstić information content (AvgIpc) is 2.93. The van der Waals surface area contributed by atoms with E-state index in [-0.39, 0.29) is 36.1 Å². The molecule has 7 nitrogen and oxygen atoms in total. The number of hydrogen-bond donors (Lipinski definition) is 2. The first-order valence-corrected chi connectivity index (χ1v) is 8.85. The summed E-state index contributed by atoms with van der Waals surface area (Å²) < 4.78 is 5.01. The van der Waals surface area contributed by atoms with Gasteiger partial charge in [0.1, 0.15) is 0 Å². The Morgan fingerprint density at radius 2 is 2.25 bits per heavy atom. The number of halogens is 1. The number of nitrogens with zero attached hydrogens (tertiary/aromatic N) is 3. The molecule has 1 amide bonds. The second kappa shape index (κ2) is 10.7. The van der Waals surface area contributed by atoms with E-state index in [9.17, 15) is 4.79 Å². The molecule has 0 bridgehead atoms. The van der Waals surface area contributed by atoms with Crippen molar-refractivity contribution in [3.05, 3.63) is 16.1 Å². The minimum Gasteiger partial charge on any atom is -0.450 e. The number of rotatable bonds is 5. The van der Waals surface area contributed by atoms with E-state index in [4.69, 9.17) is 10.5 Å². The van der Waals surface area contributed by atoms with Crippen molar-refractivity contribution >= 4 is 47.4 Å². The maximum absolute atomic E-state index is 11.6. The molecule has 2 rings (SSSR count). The van der Waals surface area contributed by atoms with Crippen LogP contribution in [0.15, 0.2) is 10.4 Å². The van der Waals surface area contributed by atoms with Crippen LogP contribution >= 0.6 is 35.3 Å². The zero-order chi connectivity index (χ0) is 16.7. The number of aromatic nitrogens is 1. The summed E-state index contributed by atoms with van der Waals surface area (Å²) in [4.78, 5) is 22.1. The zero-order valence-corrected chi connectivity index (χ0v) is 17.3. The fraction of sp³-hybridized carbons (Fsp3) is 0.667. The van der Waals surface area contributed by atoms with Gasteiger partial charge in [-0.25, -0.2) is 9.78 Å². The van der Waals surface area contributed by atoms with Crippen LogP contribution in [0.3, 0.4) is 0 Å². The number of likely N-dealkylation sites (tertiary alicyclic amines) is 1. The largest absolute Gasteiger partial charge is 0.450 e. The second-order valence-corrected chi connectivity index (χ2v) is 6.54. The Morgan fingerprint density at radius 1 is 1.54 bits per heavy atom. The van der Waals surface area contributed by atoms with Gasteiger partial charge in [-0.1, -0.05) is 0 Å². The summed E-state index contributed by atoms with van der Waals surface area (Å²) in [6, 6.07) is 0.256. The van der Waals surface area contributed by atoms with Crippen molar-refractivity contribution in [3.63, 3.8) is 0 Å². The van der Waals surface area contributed by atoms with Crippen molar-refractivity contribution in [1.29, 1.82) is 0 Å². The molecule has 0 aliphatic carbocycles. The molecule has 0 saturated carbocycles. The van der Waals surface area contributed by atoms with Crippen molar-refractivity contribution in [2.75, 3.05) is 26.2 Å². The van der Waals surface area contributed by atoms with Gasteiger partial charge in [0.25, 0.3) is 0 Å². The van der Waals surface area contributed by atoms with Crippen molar-refractivity contribution < 1.29 is 9.53 Å². The van der Waals surface area contributed by atoms with Crippen molar-refractivity contribution in [1.82, 2.24) is 15.2 Å². The molecule has 1 aliphatic rings. The summed E-state index contributed by atoms with van der Waals surface area (Å²) in [5.74, 6) is 0.464. The molecule has 0 atom stereocenters. The van der Waals surface area contributed by atoms with Crippen LogP contribution in [-0.2, 0) is 11.2 Å². The molecule has 2 heterocycles. The average molecular weight is 467 g/mol. The fourth-order valence-electron chi connectivity index (χ4n) is 2.49. The summed E-state index contributed by atoms with van der Waals surface area (Å²) in [7, 11) is 0. The summed E-state index contributed by atoms with van der Waals surface area (Å²) in [5, 5.41) is 6.36. The highest BCUT2D eigenvalue weighted by molar-refractivity contribution is 14.0. The summed E-state index contributed by atoms with van der Waals surface area (Å²) >= 11 is 1.65. The van der Waals surface area contributed by atoms with Crippen LogP contribution in [0.1, 0.15) is 30.5 Å². The van der Waals surface area contributed by atoms with E-state index in [0.717, 1.165) is 30.0 Å². The monoisotopic (exact) mass is 467 g/mol. The molecule has 0 aromatic carbocycles. The molecule has 1 aromatic rings. The number of piperidine rings is 1. The third-order valence-corrected chi connectivity index (χ3v) is 4.51. The summed E-state index contributed by atoms with van der Waals surface area (Å²) in [6.45, 7) is 6.22. The molecular formula is C15H26IN5O2S. The Bertz CT molecular complexity index is 544. The van der Waals surface area contributed by atoms with E-state index in [1.807, 2.05) is 13.8 Å². The number of thiazole rings is 1. The molecule has 1 aromatic heterocycles. The number of hydrogen-bond acceptors (Lipinski definition) is 5. The summed E-state index contributed by atoms with van der Waals surface area (Å²) in [6.07, 6.45) is 2.26. The Kier molecular flexibility index (Phi) is 9.34. The third-order valence-electron chi connectivity index (χ3n) is 3.69. The van der Waals surface area contributed by atoms with Crippen LogP contribution in [0.5, 0.6) is 0 Å². The molecular weight excluding hydrogens is 441 g/mol. The molecule has 3 N–H and O–H groups in total. The van der Waals surface area contributed by atoms with E-state index >= 15 is 0 Å². The Labute approximate surface area is 164 Å². The lowest BCUT2D eigenvalue weighted by Crippen LogP contribution is -2.48. The van der Waals surface area contributed by atoms with Gasteiger partial charge in [-0.05, 0) is 26.7 Å². The Hall–Kier alpha value is -1.10. The Balaban J connectivity index is 0.00000288. The molecule has 136 valence electrons. The number of carbonyl (C=O) groups excluding carboxylic acids is 1. The maximum Gasteiger partial charge on any atom is 0.409 e. The number of aryl methyl sites for hydroxylation is 1. The topological polar surface area (TPSA) is 92.8 Å². The lowest BCUT2D eigenvalue weighted by atomic mass is 10.1. The smallest absolute Gasteiger partial charge is 0.409 e. The lowest BCUT2D eigenvalue weighted by Gasteiger charge is -2.31. The molecule has 0 unspecified atom stereocenters. The first-order valence-electron chi connectivity index (χ1n) is 7.97. The Morgan fingerprint density at radius 3 is 2.83 bits per heavy atom. The van der Waals surface area contributed by atoms with Gasteiger partial charge in [0, 0.05) is 37.5 Å². The van der Waals surface area contributed by atoms with Gasteiger partial charge in [-0.2, -0.15) is 0 Å². The highest BCUT2D eigenvalue weighted by atomic mass is 127. The van der Waals surface area contributed by atoms with E-state index in [1.165, 1.54) is 0 Å². The maximum atomic E-state index is 11.6. The van der Waals surface area contributed by atoms with Crippen molar-refractivity contribution in [2.24, 2.45) is 10.7 Å². The molecule has 9 heteroatoms. The third kappa shape index (κ3) is 6.80. The molecule has 0 spiro atoms. The molecule has 1 aliphatic heterocycles. The number of carbonyl (C=O) groups is 1. The van der Waals surface area contributed by atoms with Gasteiger partial charge in [0.2, 0.25) is 0 Å². The van der Waals surface area contributed by atoms with Crippen LogP contribution in [-0.4, -0.2) is 54.2 Å². The normalized spacial score (nSPS) is 15.8. The first-order chi connectivity index (χ1) is 11.1. The van der Waals surface area contributed by atoms with Crippen molar-refractivity contribution in [2.45, 2.75) is 39.2 Å². The predicted molar refractivity (Wildman–Crippen MR) is 107 cm³/mol. The van der Waals surface area contributed by atoms with Gasteiger partial charge in [0.15, 0.2) is 5.96 Å². The van der Waals surface area contributed by atoms with Crippen LogP contribution in [0.25, 0.3) is 0 Å². The van der Waals surface area contributed by atoms with E-state index in [1.54, 1.807) is 16.2 Å². The number of aliphatic imine (C=N–C) groups is 1. The van der Waals surface area contributed by atoms with Crippen LogP contribution < -0.4 is 11.1 Å². The molecule has 1 fully saturated rings. The minimum atomic E-state index is -0.230. The highest BCUT2D eigenvalue weighted by Gasteiger charge is 2.23. The first kappa shape index (κ1) is 20.9. The van der Waals surface area contributed by atoms with Crippen LogP contribution in [0, 0.1) is 6.92 Å². The van der Waals surface area contributed by atoms with Crippen LogP contribution in [0.2, 0.25) is 0 Å². The van der Waals surface area contributed by atoms with E-state index in [0.29, 0.717) is 32.2 Å². The van der Waals surface area contributed by atoms with Gasteiger partial charge < -0.3 is 20.7 Å². The number of guanidine groups is 1. The molecule has 1 saturated heterocycles. The molecule has 0 radical (unpaired) electrons. The number of ether oxygens (including phenoxy) is 1. The van der Waals surface area contributed by atoms with Crippen molar-refractivity contribution in [3.8, 4) is 0 Å². The molecule has 24 heavy (non-hydrogen) atoms. The standard InChI is InChI=1S/C15H25N5O2S.HI/c1-3-22-15(21)20-8-5-12(6-9-20)19-14(16)17-7-4-13-10-23-11(2)18-13;/h10,12H,3-9H2,1-2H3,(H3,16,17,19);1H. The number of amides is 1. The SMILES string of the molecule is CCOC(=O)N1CCC(NC(N)=NCCc2csc(C)n2)CC1.I. The van der Waals surface area contributed by atoms with Gasteiger partial charge >= 0.3 is 6.09 Å². The van der Waals surface area contributed by atoms with E-state index in [2.05, 4.69) is 20.7 Å². The second-order valence-electron chi connectivity index (χ2n) is 5.48. The number of nitrogens with one attached hydrogen (secondary N) is 1. The van der Waals surface area contributed by atoms with E-state index < -0.39 is 0 Å². The predicted octanol–water partition coefficient (Wildman–Crippen LogP) is 2.14. The lowest BCUT2D eigenvalue weighted by molar-refractivity contribution is 0.0963. The highest BCUT2D eigenvalue weighted by Crippen LogP contribution is 2.11. The number of nitrogens with two attached hydrogens (primary N) is 1. The summed E-state index contributed by atoms with van der Waals surface area (Å²) in [5.41, 5.74) is 6.99. The van der Waals surface area contributed by atoms with Gasteiger partial charge in [0.05, 0.1) is 17.3 Å². The quantitative estimate of drug-likeness (QED) is 0.393.